The highest BCUT2D eigenvalue weighted by Gasteiger charge is 2.11. The van der Waals surface area contributed by atoms with E-state index < -0.39 is 0 Å². The number of carbonyl (C=O) groups excluding carboxylic acids is 1. The summed E-state index contributed by atoms with van der Waals surface area (Å²) in [6.45, 7) is 1.33. The smallest absolute Gasteiger partial charge is 0.163 e. The molecule has 2 aromatic rings. The van der Waals surface area contributed by atoms with E-state index >= 15 is 0 Å². The molecule has 0 radical (unpaired) electrons. The van der Waals surface area contributed by atoms with Gasteiger partial charge in [0.1, 0.15) is 17.2 Å². The number of Topliss-reactive ketones (excluding diaryl/α,β-unsaturated/α-hetero) is 1. The highest BCUT2D eigenvalue weighted by atomic mass is 16.3. The van der Waals surface area contributed by atoms with Gasteiger partial charge in [0.05, 0.1) is 5.56 Å². The SMILES string of the molecule is CC(=O)c1cc2c(O)cc(O)cc2cc1O. The van der Waals surface area contributed by atoms with Gasteiger partial charge in [0.25, 0.3) is 0 Å². The van der Waals surface area contributed by atoms with E-state index in [4.69, 9.17) is 0 Å². The molecule has 3 N–H and O–H groups in total. The van der Waals surface area contributed by atoms with E-state index in [1.165, 1.54) is 31.2 Å². The maximum atomic E-state index is 11.2. The zero-order valence-corrected chi connectivity index (χ0v) is 8.56. The van der Waals surface area contributed by atoms with Gasteiger partial charge >= 0.3 is 0 Å². The molecule has 2 rings (SSSR count). The molecule has 2 aromatic carbocycles. The van der Waals surface area contributed by atoms with Gasteiger partial charge in [-0.05, 0) is 30.5 Å². The molecule has 0 bridgehead atoms. The Labute approximate surface area is 91.4 Å². The first-order chi connectivity index (χ1) is 7.49. The lowest BCUT2D eigenvalue weighted by Gasteiger charge is -2.06. The van der Waals surface area contributed by atoms with Crippen LogP contribution < -0.4 is 0 Å². The normalized spacial score (nSPS) is 10.6. The van der Waals surface area contributed by atoms with Crippen molar-refractivity contribution in [1.29, 1.82) is 0 Å². The summed E-state index contributed by atoms with van der Waals surface area (Å²) in [6, 6.07) is 5.33. The van der Waals surface area contributed by atoms with Gasteiger partial charge in [-0.2, -0.15) is 0 Å². The first-order valence-corrected chi connectivity index (χ1v) is 4.68. The lowest BCUT2D eigenvalue weighted by molar-refractivity contribution is 0.101. The van der Waals surface area contributed by atoms with Crippen molar-refractivity contribution in [2.75, 3.05) is 0 Å². The van der Waals surface area contributed by atoms with Crippen LogP contribution in [0.1, 0.15) is 17.3 Å². The third-order valence-electron chi connectivity index (χ3n) is 2.41. The Morgan fingerprint density at radius 3 is 2.31 bits per heavy atom. The highest BCUT2D eigenvalue weighted by molar-refractivity contribution is 6.03. The van der Waals surface area contributed by atoms with Crippen LogP contribution >= 0.6 is 0 Å². The number of rotatable bonds is 1. The minimum Gasteiger partial charge on any atom is -0.508 e. The molecule has 0 aliphatic rings. The van der Waals surface area contributed by atoms with Crippen LogP contribution in [0, 0.1) is 0 Å². The van der Waals surface area contributed by atoms with E-state index in [2.05, 4.69) is 0 Å². The van der Waals surface area contributed by atoms with E-state index in [1.54, 1.807) is 0 Å². The van der Waals surface area contributed by atoms with E-state index in [9.17, 15) is 20.1 Å². The number of aromatic hydroxyl groups is 3. The molecule has 0 saturated carbocycles. The van der Waals surface area contributed by atoms with E-state index in [0.29, 0.717) is 10.8 Å². The Bertz CT molecular complexity index is 587. The van der Waals surface area contributed by atoms with Crippen molar-refractivity contribution >= 4 is 16.6 Å². The third kappa shape index (κ3) is 1.54. The van der Waals surface area contributed by atoms with Crippen molar-refractivity contribution < 1.29 is 20.1 Å². The van der Waals surface area contributed by atoms with Crippen LogP contribution in [0.2, 0.25) is 0 Å². The number of carbonyl (C=O) groups is 1. The largest absolute Gasteiger partial charge is 0.508 e. The van der Waals surface area contributed by atoms with Gasteiger partial charge < -0.3 is 15.3 Å². The zero-order chi connectivity index (χ0) is 11.9. The molecule has 0 unspecified atom stereocenters. The van der Waals surface area contributed by atoms with Crippen LogP contribution in [0.25, 0.3) is 10.8 Å². The molecule has 16 heavy (non-hydrogen) atoms. The van der Waals surface area contributed by atoms with Crippen LogP contribution in [0.4, 0.5) is 0 Å². The number of phenols is 3. The van der Waals surface area contributed by atoms with Crippen molar-refractivity contribution in [1.82, 2.24) is 0 Å². The molecule has 0 amide bonds. The average Bonchev–Trinajstić information content (AvgIpc) is 2.15. The summed E-state index contributed by atoms with van der Waals surface area (Å²) in [5, 5.41) is 29.3. The molecule has 0 aliphatic heterocycles. The molecule has 0 atom stereocenters. The fourth-order valence-electron chi connectivity index (χ4n) is 1.65. The fraction of sp³-hybridized carbons (Fsp3) is 0.0833. The van der Waals surface area contributed by atoms with Crippen molar-refractivity contribution in [3.05, 3.63) is 29.8 Å². The predicted molar refractivity (Wildman–Crippen MR) is 58.9 cm³/mol. The van der Waals surface area contributed by atoms with Gasteiger partial charge in [0, 0.05) is 11.5 Å². The summed E-state index contributed by atoms with van der Waals surface area (Å²) in [7, 11) is 0. The second-order valence-corrected chi connectivity index (χ2v) is 3.61. The first kappa shape index (κ1) is 10.3. The number of hydrogen-bond donors (Lipinski definition) is 3. The minimum absolute atomic E-state index is 0.0972. The molecule has 0 fully saturated rings. The zero-order valence-electron chi connectivity index (χ0n) is 8.56. The monoisotopic (exact) mass is 218 g/mol. The summed E-state index contributed by atoms with van der Waals surface area (Å²) < 4.78 is 0. The molecule has 0 aromatic heterocycles. The molecule has 0 spiro atoms. The van der Waals surface area contributed by atoms with Gasteiger partial charge in [-0.1, -0.05) is 0 Å². The minimum atomic E-state index is -0.285. The molecule has 4 nitrogen and oxygen atoms in total. The maximum absolute atomic E-state index is 11.2. The van der Waals surface area contributed by atoms with Crippen LogP contribution in [0.15, 0.2) is 24.3 Å². The fourth-order valence-corrected chi connectivity index (χ4v) is 1.65. The summed E-state index contributed by atoms with van der Waals surface area (Å²) in [5.74, 6) is -0.672. The van der Waals surface area contributed by atoms with E-state index in [-0.39, 0.29) is 28.6 Å². The summed E-state index contributed by atoms with van der Waals surface area (Å²) in [4.78, 5) is 11.2. The van der Waals surface area contributed by atoms with Crippen molar-refractivity contribution in [2.24, 2.45) is 0 Å². The summed E-state index contributed by atoms with van der Waals surface area (Å²) >= 11 is 0. The van der Waals surface area contributed by atoms with Gasteiger partial charge in [-0.25, -0.2) is 0 Å². The molecule has 82 valence electrons. The number of benzene rings is 2. The van der Waals surface area contributed by atoms with Crippen molar-refractivity contribution in [3.8, 4) is 17.2 Å². The van der Waals surface area contributed by atoms with Gasteiger partial charge in [-0.3, -0.25) is 4.79 Å². The topological polar surface area (TPSA) is 77.8 Å². The van der Waals surface area contributed by atoms with E-state index in [0.717, 1.165) is 0 Å². The maximum Gasteiger partial charge on any atom is 0.163 e. The van der Waals surface area contributed by atoms with E-state index in [1.807, 2.05) is 0 Å². The highest BCUT2D eigenvalue weighted by Crippen LogP contribution is 2.34. The first-order valence-electron chi connectivity index (χ1n) is 4.68. The standard InChI is InChI=1S/C12H10O4/c1-6(13)9-5-10-7(3-11(9)15)2-8(14)4-12(10)16/h2-5,14-16H,1H3. The second-order valence-electron chi connectivity index (χ2n) is 3.61. The number of fused-ring (bicyclic) bond motifs is 1. The predicted octanol–water partition coefficient (Wildman–Crippen LogP) is 2.16. The van der Waals surface area contributed by atoms with Gasteiger partial charge in [0.15, 0.2) is 5.78 Å². The lowest BCUT2D eigenvalue weighted by atomic mass is 10.0. The molecular weight excluding hydrogens is 208 g/mol. The van der Waals surface area contributed by atoms with Crippen LogP contribution in [0.5, 0.6) is 17.2 Å². The summed E-state index contributed by atoms with van der Waals surface area (Å²) in [6.07, 6.45) is 0. The molecular formula is C12H10O4. The quantitative estimate of drug-likeness (QED) is 0.641. The molecule has 0 heterocycles. The van der Waals surface area contributed by atoms with Crippen molar-refractivity contribution in [3.63, 3.8) is 0 Å². The van der Waals surface area contributed by atoms with Crippen LogP contribution in [-0.4, -0.2) is 21.1 Å². The molecule has 0 saturated heterocycles. The Morgan fingerprint density at radius 2 is 1.69 bits per heavy atom. The Kier molecular flexibility index (Phi) is 2.20. The Morgan fingerprint density at radius 1 is 1.00 bits per heavy atom. The van der Waals surface area contributed by atoms with Crippen molar-refractivity contribution in [2.45, 2.75) is 6.92 Å². The summed E-state index contributed by atoms with van der Waals surface area (Å²) in [5.41, 5.74) is 0.147. The van der Waals surface area contributed by atoms with Crippen LogP contribution in [0.3, 0.4) is 0 Å². The van der Waals surface area contributed by atoms with Gasteiger partial charge in [0.2, 0.25) is 0 Å². The molecule has 4 heteroatoms. The van der Waals surface area contributed by atoms with Crippen LogP contribution in [-0.2, 0) is 0 Å². The van der Waals surface area contributed by atoms with Gasteiger partial charge in [-0.15, -0.1) is 0 Å². The lowest BCUT2D eigenvalue weighted by Crippen LogP contribution is -1.92. The average molecular weight is 218 g/mol. The molecule has 0 aliphatic carbocycles. The Hall–Kier alpha value is -2.23. The number of phenolic OH excluding ortho intramolecular Hbond substituents is 3. The number of hydrogen-bond acceptors (Lipinski definition) is 4. The Balaban J connectivity index is 2.84. The third-order valence-corrected chi connectivity index (χ3v) is 2.41. The second kappa shape index (κ2) is 3.41. The number of ketones is 1.